The zero-order valence-corrected chi connectivity index (χ0v) is 29.1. The van der Waals surface area contributed by atoms with Crippen LogP contribution in [0, 0.1) is 0 Å². The summed E-state index contributed by atoms with van der Waals surface area (Å²) in [7, 11) is 0. The first-order chi connectivity index (χ1) is 26.8. The first-order valence-corrected chi connectivity index (χ1v) is 18.1. The lowest BCUT2D eigenvalue weighted by atomic mass is 10.0. The van der Waals surface area contributed by atoms with Gasteiger partial charge in [-0.1, -0.05) is 121 Å². The molecule has 0 radical (unpaired) electrons. The SMILES string of the molecule is c1ccc(-c2cccc(N(c3cccc4c3oc3cc5oc(-c6ccccc6)nc5cc34)c3cccc4c5ccccc5n(-c5ccccc5)c34)c2)cc1. The van der Waals surface area contributed by atoms with Crippen LogP contribution in [0.15, 0.2) is 197 Å². The number of hydrogen-bond donors (Lipinski definition) is 0. The van der Waals surface area contributed by atoms with Gasteiger partial charge < -0.3 is 18.3 Å². The monoisotopic (exact) mass is 693 g/mol. The normalized spacial score (nSPS) is 11.7. The summed E-state index contributed by atoms with van der Waals surface area (Å²) in [6, 6.07) is 65.7. The van der Waals surface area contributed by atoms with Crippen LogP contribution in [0.4, 0.5) is 17.1 Å². The summed E-state index contributed by atoms with van der Waals surface area (Å²) >= 11 is 0. The molecule has 0 bridgehead atoms. The van der Waals surface area contributed by atoms with Crippen LogP contribution in [0.2, 0.25) is 0 Å². The van der Waals surface area contributed by atoms with E-state index in [4.69, 9.17) is 13.8 Å². The van der Waals surface area contributed by atoms with E-state index in [1.807, 2.05) is 36.4 Å². The summed E-state index contributed by atoms with van der Waals surface area (Å²) in [4.78, 5) is 7.24. The molecule has 0 aliphatic rings. The molecule has 3 aromatic heterocycles. The van der Waals surface area contributed by atoms with Crippen LogP contribution in [0.25, 0.3) is 83.1 Å². The highest BCUT2D eigenvalue weighted by Crippen LogP contribution is 2.47. The molecule has 0 aliphatic heterocycles. The van der Waals surface area contributed by atoms with Gasteiger partial charge >= 0.3 is 0 Å². The Bertz CT molecular complexity index is 3160. The number of rotatable bonds is 6. The second-order valence-electron chi connectivity index (χ2n) is 13.6. The molecular weight excluding hydrogens is 663 g/mol. The molecule has 0 saturated heterocycles. The lowest BCUT2D eigenvalue weighted by Gasteiger charge is -2.27. The Morgan fingerprint density at radius 3 is 1.91 bits per heavy atom. The number of nitrogens with zero attached hydrogens (tertiary/aromatic N) is 3. The van der Waals surface area contributed by atoms with Crippen LogP contribution in [-0.2, 0) is 0 Å². The van der Waals surface area contributed by atoms with E-state index in [0.29, 0.717) is 11.5 Å². The third-order valence-corrected chi connectivity index (χ3v) is 10.4. The Balaban J connectivity index is 1.19. The van der Waals surface area contributed by atoms with Crippen molar-refractivity contribution in [3.05, 3.63) is 188 Å². The van der Waals surface area contributed by atoms with Gasteiger partial charge in [-0.25, -0.2) is 4.98 Å². The Hall–Kier alpha value is -7.37. The number of anilines is 3. The van der Waals surface area contributed by atoms with E-state index in [-0.39, 0.29) is 0 Å². The van der Waals surface area contributed by atoms with Crippen LogP contribution in [0.3, 0.4) is 0 Å². The number of fused-ring (bicyclic) bond motifs is 7. The molecule has 0 fully saturated rings. The van der Waals surface area contributed by atoms with E-state index in [2.05, 4.69) is 161 Å². The predicted octanol–water partition coefficient (Wildman–Crippen LogP) is 13.6. The predicted molar refractivity (Wildman–Crippen MR) is 221 cm³/mol. The van der Waals surface area contributed by atoms with Gasteiger partial charge in [0.15, 0.2) is 11.2 Å². The van der Waals surface area contributed by atoms with Crippen molar-refractivity contribution in [2.24, 2.45) is 0 Å². The summed E-state index contributed by atoms with van der Waals surface area (Å²) < 4.78 is 15.6. The Morgan fingerprint density at radius 1 is 0.444 bits per heavy atom. The third kappa shape index (κ3) is 4.76. The maximum atomic E-state index is 6.90. The van der Waals surface area contributed by atoms with E-state index in [1.165, 1.54) is 10.8 Å². The summed E-state index contributed by atoms with van der Waals surface area (Å²) in [5, 5.41) is 4.37. The first kappa shape index (κ1) is 30.3. The second kappa shape index (κ2) is 12.1. The van der Waals surface area contributed by atoms with Crippen molar-refractivity contribution in [2.75, 3.05) is 4.90 Å². The van der Waals surface area contributed by atoms with Gasteiger partial charge in [0, 0.05) is 44.5 Å². The van der Waals surface area contributed by atoms with Gasteiger partial charge in [-0.2, -0.15) is 0 Å². The number of para-hydroxylation sites is 4. The van der Waals surface area contributed by atoms with Crippen LogP contribution >= 0.6 is 0 Å². The fraction of sp³-hybridized carbons (Fsp3) is 0. The van der Waals surface area contributed by atoms with Gasteiger partial charge in [-0.15, -0.1) is 0 Å². The van der Waals surface area contributed by atoms with Crippen molar-refractivity contribution in [3.8, 4) is 28.3 Å². The lowest BCUT2D eigenvalue weighted by Crippen LogP contribution is -2.12. The van der Waals surface area contributed by atoms with Gasteiger partial charge in [0.2, 0.25) is 5.89 Å². The average Bonchev–Trinajstić information content (AvgIpc) is 3.93. The molecule has 5 heteroatoms. The van der Waals surface area contributed by atoms with E-state index in [0.717, 1.165) is 77.9 Å². The molecule has 3 heterocycles. The molecular formula is C49H31N3O2. The minimum Gasteiger partial charge on any atom is -0.454 e. The zero-order valence-electron chi connectivity index (χ0n) is 29.1. The molecule has 5 nitrogen and oxygen atoms in total. The highest BCUT2D eigenvalue weighted by molar-refractivity contribution is 6.17. The molecule has 54 heavy (non-hydrogen) atoms. The van der Waals surface area contributed by atoms with Crippen molar-refractivity contribution < 1.29 is 8.83 Å². The Kier molecular flexibility index (Phi) is 6.79. The molecule has 11 rings (SSSR count). The minimum atomic E-state index is 0.592. The Labute approximate surface area is 310 Å². The highest BCUT2D eigenvalue weighted by atomic mass is 16.4. The minimum absolute atomic E-state index is 0.592. The van der Waals surface area contributed by atoms with Crippen LogP contribution in [0.5, 0.6) is 0 Å². The number of hydrogen-bond acceptors (Lipinski definition) is 4. The second-order valence-corrected chi connectivity index (χ2v) is 13.6. The molecule has 0 atom stereocenters. The lowest BCUT2D eigenvalue weighted by molar-refractivity contribution is 0.617. The molecule has 0 aliphatic carbocycles. The standard InChI is InChI=1S/C49H31N3O2/c1-4-15-32(16-5-1)34-19-12-22-36(29-34)51(43-27-13-24-38-37-23-10-11-26-42(37)52(47(38)43)35-20-8-3-9-21-35)44-28-14-25-39-40-30-41-46(31-45(40)53-48(39)44)54-49(50-41)33-17-6-2-7-18-33/h1-31H. The third-order valence-electron chi connectivity index (χ3n) is 10.4. The summed E-state index contributed by atoms with van der Waals surface area (Å²) in [5.41, 5.74) is 12.6. The molecule has 0 saturated carbocycles. The fourth-order valence-electron chi connectivity index (χ4n) is 7.97. The number of benzene rings is 8. The van der Waals surface area contributed by atoms with Gasteiger partial charge in [-0.3, -0.25) is 0 Å². The highest BCUT2D eigenvalue weighted by Gasteiger charge is 2.25. The van der Waals surface area contributed by atoms with Crippen molar-refractivity contribution in [3.63, 3.8) is 0 Å². The van der Waals surface area contributed by atoms with E-state index >= 15 is 0 Å². The molecule has 0 N–H and O–H groups in total. The topological polar surface area (TPSA) is 47.3 Å². The van der Waals surface area contributed by atoms with Gasteiger partial charge in [0.1, 0.15) is 11.1 Å². The summed E-state index contributed by atoms with van der Waals surface area (Å²) in [6.07, 6.45) is 0. The molecule has 0 unspecified atom stereocenters. The summed E-state index contributed by atoms with van der Waals surface area (Å²) in [5.74, 6) is 0.592. The molecule has 0 spiro atoms. The Morgan fingerprint density at radius 2 is 1.09 bits per heavy atom. The zero-order chi connectivity index (χ0) is 35.6. The first-order valence-electron chi connectivity index (χ1n) is 18.1. The molecule has 254 valence electrons. The average molecular weight is 694 g/mol. The number of oxazole rings is 1. The number of aromatic nitrogens is 2. The number of furan rings is 1. The fourth-order valence-corrected chi connectivity index (χ4v) is 7.97. The summed E-state index contributed by atoms with van der Waals surface area (Å²) in [6.45, 7) is 0. The van der Waals surface area contributed by atoms with E-state index in [9.17, 15) is 0 Å². The molecule has 0 amide bonds. The maximum Gasteiger partial charge on any atom is 0.227 e. The van der Waals surface area contributed by atoms with E-state index in [1.54, 1.807) is 0 Å². The smallest absolute Gasteiger partial charge is 0.227 e. The van der Waals surface area contributed by atoms with Crippen molar-refractivity contribution in [2.45, 2.75) is 0 Å². The van der Waals surface area contributed by atoms with Gasteiger partial charge in [0.05, 0.1) is 22.4 Å². The van der Waals surface area contributed by atoms with Crippen molar-refractivity contribution in [1.29, 1.82) is 0 Å². The van der Waals surface area contributed by atoms with Crippen LogP contribution in [0.1, 0.15) is 0 Å². The van der Waals surface area contributed by atoms with Gasteiger partial charge in [-0.05, 0) is 71.8 Å². The molecule has 11 aromatic rings. The van der Waals surface area contributed by atoms with Crippen LogP contribution < -0.4 is 4.90 Å². The quantitative estimate of drug-likeness (QED) is 0.174. The van der Waals surface area contributed by atoms with Crippen LogP contribution in [-0.4, -0.2) is 9.55 Å². The van der Waals surface area contributed by atoms with Gasteiger partial charge in [0.25, 0.3) is 0 Å². The van der Waals surface area contributed by atoms with Crippen molar-refractivity contribution >= 4 is 71.9 Å². The van der Waals surface area contributed by atoms with E-state index < -0.39 is 0 Å². The maximum absolute atomic E-state index is 6.90. The molecule has 8 aromatic carbocycles. The van der Waals surface area contributed by atoms with Crippen molar-refractivity contribution in [1.82, 2.24) is 9.55 Å². The largest absolute Gasteiger partial charge is 0.454 e.